The Labute approximate surface area is 147 Å². The highest BCUT2D eigenvalue weighted by Crippen LogP contribution is 2.29. The summed E-state index contributed by atoms with van der Waals surface area (Å²) in [6.45, 7) is 0.0917. The van der Waals surface area contributed by atoms with Gasteiger partial charge in [-0.15, -0.1) is 0 Å². The number of nitrogens with two attached hydrogens (primary N) is 1. The average molecular weight is 363 g/mol. The number of rotatable bonds is 6. The maximum Gasteiger partial charge on any atom is 0.356 e. The number of anilines is 1. The molecule has 3 rings (SSSR count). The molecule has 1 atom stereocenters. The fraction of sp³-hybridized carbons (Fsp3) is 0.200. The molecule has 2 aromatic heterocycles. The number of aliphatic hydroxyl groups is 1. The zero-order chi connectivity index (χ0) is 18.0. The SMILES string of the molecule is Nc1c(-c2ccc(Cl)cc2)nn(CC(O)Cn2cncn2)c1C(=O)O. The van der Waals surface area contributed by atoms with Crippen LogP contribution < -0.4 is 5.73 Å². The molecule has 0 radical (unpaired) electrons. The van der Waals surface area contributed by atoms with E-state index in [2.05, 4.69) is 15.2 Å². The summed E-state index contributed by atoms with van der Waals surface area (Å²) in [5, 5.41) is 28.3. The van der Waals surface area contributed by atoms with Crippen molar-refractivity contribution in [3.05, 3.63) is 47.6 Å². The number of nitrogens with zero attached hydrogens (tertiary/aromatic N) is 5. The van der Waals surface area contributed by atoms with Gasteiger partial charge in [0.25, 0.3) is 0 Å². The van der Waals surface area contributed by atoms with E-state index in [1.165, 1.54) is 22.0 Å². The predicted molar refractivity (Wildman–Crippen MR) is 90.1 cm³/mol. The Morgan fingerprint density at radius 2 is 2.00 bits per heavy atom. The van der Waals surface area contributed by atoms with Crippen molar-refractivity contribution < 1.29 is 15.0 Å². The molecule has 25 heavy (non-hydrogen) atoms. The second-order valence-electron chi connectivity index (χ2n) is 5.38. The van der Waals surface area contributed by atoms with Gasteiger partial charge >= 0.3 is 5.97 Å². The second kappa shape index (κ2) is 6.91. The number of aromatic carboxylic acids is 1. The van der Waals surface area contributed by atoms with E-state index in [4.69, 9.17) is 17.3 Å². The standard InChI is InChI=1S/C15H15ClN6O3/c16-10-3-1-9(2-4-10)13-12(17)14(15(24)25)22(20-13)6-11(23)5-21-8-18-7-19-21/h1-4,7-8,11,23H,5-6,17H2,(H,24,25). The Bertz CT molecular complexity index is 876. The first-order valence-electron chi connectivity index (χ1n) is 7.31. The lowest BCUT2D eigenvalue weighted by Crippen LogP contribution is -2.25. The molecule has 4 N–H and O–H groups in total. The molecule has 2 heterocycles. The molecular formula is C15H15ClN6O3. The van der Waals surface area contributed by atoms with Crippen LogP contribution in [0.4, 0.5) is 5.69 Å². The molecule has 0 spiro atoms. The van der Waals surface area contributed by atoms with Crippen LogP contribution in [-0.4, -0.2) is 46.8 Å². The van der Waals surface area contributed by atoms with Gasteiger partial charge in [-0.3, -0.25) is 9.36 Å². The molecule has 1 aromatic carbocycles. The summed E-state index contributed by atoms with van der Waals surface area (Å²) in [7, 11) is 0. The summed E-state index contributed by atoms with van der Waals surface area (Å²) in [5.41, 5.74) is 6.79. The number of carboxylic acids is 1. The van der Waals surface area contributed by atoms with Gasteiger partial charge in [-0.05, 0) is 12.1 Å². The highest BCUT2D eigenvalue weighted by Gasteiger charge is 2.23. The van der Waals surface area contributed by atoms with Crippen LogP contribution in [-0.2, 0) is 13.1 Å². The summed E-state index contributed by atoms with van der Waals surface area (Å²) in [4.78, 5) is 15.4. The van der Waals surface area contributed by atoms with Crippen LogP contribution in [0.2, 0.25) is 5.02 Å². The highest BCUT2D eigenvalue weighted by molar-refractivity contribution is 6.30. The van der Waals surface area contributed by atoms with Crippen molar-refractivity contribution in [1.82, 2.24) is 24.5 Å². The number of nitrogen functional groups attached to an aromatic ring is 1. The number of benzene rings is 1. The van der Waals surface area contributed by atoms with Crippen molar-refractivity contribution in [1.29, 1.82) is 0 Å². The normalized spacial score (nSPS) is 12.2. The predicted octanol–water partition coefficient (Wildman–Crippen LogP) is 1.14. The van der Waals surface area contributed by atoms with Crippen LogP contribution in [0.5, 0.6) is 0 Å². The number of hydrogen-bond donors (Lipinski definition) is 3. The van der Waals surface area contributed by atoms with E-state index in [1.807, 2.05) is 0 Å². The molecule has 0 aliphatic rings. The molecule has 0 bridgehead atoms. The van der Waals surface area contributed by atoms with E-state index in [0.29, 0.717) is 16.3 Å². The third kappa shape index (κ3) is 3.62. The maximum atomic E-state index is 11.6. The van der Waals surface area contributed by atoms with Gasteiger partial charge < -0.3 is 15.9 Å². The molecule has 130 valence electrons. The van der Waals surface area contributed by atoms with Gasteiger partial charge in [0, 0.05) is 10.6 Å². The van der Waals surface area contributed by atoms with Gasteiger partial charge in [0.15, 0.2) is 5.69 Å². The first-order chi connectivity index (χ1) is 12.0. The van der Waals surface area contributed by atoms with Crippen molar-refractivity contribution in [3.8, 4) is 11.3 Å². The number of aromatic nitrogens is 5. The lowest BCUT2D eigenvalue weighted by molar-refractivity contribution is 0.0675. The van der Waals surface area contributed by atoms with Crippen LogP contribution in [0.3, 0.4) is 0 Å². The summed E-state index contributed by atoms with van der Waals surface area (Å²) in [6.07, 6.45) is 1.88. The number of carbonyl (C=O) groups is 1. The number of carboxylic acid groups (broad SMARTS) is 1. The van der Waals surface area contributed by atoms with Gasteiger partial charge in [0.05, 0.1) is 24.9 Å². The zero-order valence-electron chi connectivity index (χ0n) is 12.9. The minimum Gasteiger partial charge on any atom is -0.476 e. The Morgan fingerprint density at radius 3 is 2.60 bits per heavy atom. The van der Waals surface area contributed by atoms with E-state index < -0.39 is 12.1 Å². The van der Waals surface area contributed by atoms with E-state index >= 15 is 0 Å². The maximum absolute atomic E-state index is 11.6. The summed E-state index contributed by atoms with van der Waals surface area (Å²) in [5.74, 6) is -1.22. The van der Waals surface area contributed by atoms with E-state index in [0.717, 1.165) is 0 Å². The lowest BCUT2D eigenvalue weighted by atomic mass is 10.1. The van der Waals surface area contributed by atoms with Crippen LogP contribution in [0.15, 0.2) is 36.9 Å². The van der Waals surface area contributed by atoms with E-state index in [-0.39, 0.29) is 24.5 Å². The smallest absolute Gasteiger partial charge is 0.356 e. The Balaban J connectivity index is 1.91. The fourth-order valence-corrected chi connectivity index (χ4v) is 2.58. The molecule has 9 nitrogen and oxygen atoms in total. The fourth-order valence-electron chi connectivity index (χ4n) is 2.45. The van der Waals surface area contributed by atoms with Crippen molar-refractivity contribution >= 4 is 23.3 Å². The minimum atomic E-state index is -1.22. The first kappa shape index (κ1) is 16.9. The van der Waals surface area contributed by atoms with E-state index in [1.54, 1.807) is 24.3 Å². The summed E-state index contributed by atoms with van der Waals surface area (Å²) < 4.78 is 2.63. The summed E-state index contributed by atoms with van der Waals surface area (Å²) in [6, 6.07) is 6.72. The third-order valence-electron chi connectivity index (χ3n) is 3.56. The molecule has 0 aliphatic carbocycles. The Kier molecular flexibility index (Phi) is 4.68. The molecule has 0 fully saturated rings. The topological polar surface area (TPSA) is 132 Å². The number of aliphatic hydroxyl groups excluding tert-OH is 1. The second-order valence-corrected chi connectivity index (χ2v) is 5.81. The first-order valence-corrected chi connectivity index (χ1v) is 7.69. The van der Waals surface area contributed by atoms with Gasteiger partial charge in [-0.25, -0.2) is 9.78 Å². The molecule has 10 heteroatoms. The lowest BCUT2D eigenvalue weighted by Gasteiger charge is -2.11. The third-order valence-corrected chi connectivity index (χ3v) is 3.81. The quantitative estimate of drug-likeness (QED) is 0.598. The molecule has 0 aliphatic heterocycles. The molecule has 3 aromatic rings. The Morgan fingerprint density at radius 1 is 1.28 bits per heavy atom. The van der Waals surface area contributed by atoms with Crippen molar-refractivity contribution in [3.63, 3.8) is 0 Å². The van der Waals surface area contributed by atoms with Crippen molar-refractivity contribution in [2.24, 2.45) is 0 Å². The van der Waals surface area contributed by atoms with Crippen LogP contribution in [0, 0.1) is 0 Å². The van der Waals surface area contributed by atoms with Gasteiger partial charge in [0.1, 0.15) is 18.3 Å². The van der Waals surface area contributed by atoms with Gasteiger partial charge in [-0.2, -0.15) is 10.2 Å². The average Bonchev–Trinajstić information content (AvgIpc) is 3.16. The molecule has 0 saturated carbocycles. The van der Waals surface area contributed by atoms with Gasteiger partial charge in [-0.1, -0.05) is 23.7 Å². The highest BCUT2D eigenvalue weighted by atomic mass is 35.5. The van der Waals surface area contributed by atoms with Crippen LogP contribution in [0.1, 0.15) is 10.5 Å². The van der Waals surface area contributed by atoms with Crippen LogP contribution >= 0.6 is 11.6 Å². The van der Waals surface area contributed by atoms with Crippen molar-refractivity contribution in [2.45, 2.75) is 19.2 Å². The van der Waals surface area contributed by atoms with E-state index in [9.17, 15) is 15.0 Å². The Hall–Kier alpha value is -2.91. The number of hydrogen-bond acceptors (Lipinski definition) is 6. The molecular weight excluding hydrogens is 348 g/mol. The number of halogens is 1. The van der Waals surface area contributed by atoms with Crippen LogP contribution in [0.25, 0.3) is 11.3 Å². The van der Waals surface area contributed by atoms with Gasteiger partial charge in [0.2, 0.25) is 0 Å². The largest absolute Gasteiger partial charge is 0.476 e. The molecule has 1 unspecified atom stereocenters. The minimum absolute atomic E-state index is 0.0304. The molecule has 0 saturated heterocycles. The zero-order valence-corrected chi connectivity index (χ0v) is 13.7. The summed E-state index contributed by atoms with van der Waals surface area (Å²) >= 11 is 5.86. The monoisotopic (exact) mass is 362 g/mol. The molecule has 0 amide bonds. The van der Waals surface area contributed by atoms with Crippen molar-refractivity contribution in [2.75, 3.05) is 5.73 Å².